The number of nitrogens with zero attached hydrogens (tertiary/aromatic N) is 2. The monoisotopic (exact) mass is 360 g/mol. The van der Waals surface area contributed by atoms with E-state index in [4.69, 9.17) is 22.1 Å². The van der Waals surface area contributed by atoms with Crippen LogP contribution in [0.2, 0.25) is 5.02 Å². The van der Waals surface area contributed by atoms with Gasteiger partial charge in [-0.1, -0.05) is 41.9 Å². The maximum Gasteiger partial charge on any atom is 0.193 e. The first-order chi connectivity index (χ1) is 12.1. The minimum atomic E-state index is 0.381. The smallest absolute Gasteiger partial charge is 0.193 e. The van der Waals surface area contributed by atoms with Crippen LogP contribution in [-0.4, -0.2) is 38.1 Å². The highest BCUT2D eigenvalue weighted by Crippen LogP contribution is 2.26. The second-order valence-electron chi connectivity index (χ2n) is 5.82. The highest BCUT2D eigenvalue weighted by Gasteiger charge is 2.03. The zero-order valence-electron chi connectivity index (χ0n) is 14.7. The number of hydrogen-bond donors (Lipinski definition) is 2. The van der Waals surface area contributed by atoms with Gasteiger partial charge in [-0.2, -0.15) is 0 Å². The summed E-state index contributed by atoms with van der Waals surface area (Å²) in [5.41, 5.74) is 8.01. The number of hydrogen-bond acceptors (Lipinski definition) is 3. The van der Waals surface area contributed by atoms with Crippen molar-refractivity contribution < 1.29 is 4.74 Å². The van der Waals surface area contributed by atoms with Crippen molar-refractivity contribution in [3.8, 4) is 5.75 Å². The quantitative estimate of drug-likeness (QED) is 0.429. The standard InChI is InChI=1S/C19H25ClN4O/c1-24(14-15-7-4-3-5-8-15)12-6-11-22-19(21)23-16-9-10-18(25-2)17(20)13-16/h3-5,7-10,13H,6,11-12,14H2,1-2H3,(H3,21,22,23). The minimum Gasteiger partial charge on any atom is -0.495 e. The van der Waals surface area contributed by atoms with Crippen LogP contribution in [0.5, 0.6) is 5.75 Å². The molecule has 0 spiro atoms. The summed E-state index contributed by atoms with van der Waals surface area (Å²) in [5.74, 6) is 1.01. The molecule has 0 amide bonds. The van der Waals surface area contributed by atoms with Gasteiger partial charge < -0.3 is 20.7 Å². The van der Waals surface area contributed by atoms with Gasteiger partial charge in [-0.3, -0.25) is 4.99 Å². The van der Waals surface area contributed by atoms with E-state index in [0.29, 0.717) is 23.3 Å². The average molecular weight is 361 g/mol. The van der Waals surface area contributed by atoms with Crippen LogP contribution in [0, 0.1) is 0 Å². The van der Waals surface area contributed by atoms with Crippen LogP contribution >= 0.6 is 11.6 Å². The topological polar surface area (TPSA) is 62.9 Å². The molecule has 2 aromatic rings. The molecule has 3 N–H and O–H groups in total. The summed E-state index contributed by atoms with van der Waals surface area (Å²) < 4.78 is 5.12. The third-order valence-corrected chi connectivity index (χ3v) is 3.99. The van der Waals surface area contributed by atoms with Crippen molar-refractivity contribution in [3.05, 3.63) is 59.1 Å². The highest BCUT2D eigenvalue weighted by atomic mass is 35.5. The molecule has 0 unspecified atom stereocenters. The van der Waals surface area contributed by atoms with E-state index in [9.17, 15) is 0 Å². The second kappa shape index (κ2) is 9.91. The summed E-state index contributed by atoms with van der Waals surface area (Å²) in [4.78, 5) is 6.63. The fourth-order valence-corrected chi connectivity index (χ4v) is 2.70. The number of halogens is 1. The average Bonchev–Trinajstić information content (AvgIpc) is 2.60. The molecule has 134 valence electrons. The minimum absolute atomic E-state index is 0.381. The van der Waals surface area contributed by atoms with Crippen molar-refractivity contribution in [2.75, 3.05) is 32.6 Å². The van der Waals surface area contributed by atoms with Gasteiger partial charge >= 0.3 is 0 Å². The maximum atomic E-state index is 6.09. The Balaban J connectivity index is 1.73. The van der Waals surface area contributed by atoms with E-state index < -0.39 is 0 Å². The van der Waals surface area contributed by atoms with E-state index in [0.717, 1.165) is 25.2 Å². The third-order valence-electron chi connectivity index (χ3n) is 3.70. The number of guanidine groups is 1. The molecule has 0 heterocycles. The van der Waals surface area contributed by atoms with Gasteiger partial charge in [0.2, 0.25) is 0 Å². The first-order valence-electron chi connectivity index (χ1n) is 8.21. The molecule has 5 nitrogen and oxygen atoms in total. The lowest BCUT2D eigenvalue weighted by atomic mass is 10.2. The van der Waals surface area contributed by atoms with Crippen LogP contribution in [0.25, 0.3) is 0 Å². The van der Waals surface area contributed by atoms with Gasteiger partial charge in [0.1, 0.15) is 5.75 Å². The molecule has 0 aliphatic carbocycles. The highest BCUT2D eigenvalue weighted by molar-refractivity contribution is 6.32. The van der Waals surface area contributed by atoms with Crippen LogP contribution in [-0.2, 0) is 6.54 Å². The van der Waals surface area contributed by atoms with E-state index in [2.05, 4.69) is 46.5 Å². The molecule has 0 atom stereocenters. The predicted molar refractivity (Wildman–Crippen MR) is 106 cm³/mol. The molecule has 0 aromatic heterocycles. The zero-order chi connectivity index (χ0) is 18.1. The largest absolute Gasteiger partial charge is 0.495 e. The number of nitrogens with two attached hydrogens (primary N) is 1. The summed E-state index contributed by atoms with van der Waals surface area (Å²) in [7, 11) is 3.69. The van der Waals surface area contributed by atoms with Gasteiger partial charge in [-0.05, 0) is 43.8 Å². The molecule has 2 rings (SSSR count). The van der Waals surface area contributed by atoms with E-state index in [1.54, 1.807) is 19.2 Å². The summed E-state index contributed by atoms with van der Waals surface area (Å²) in [6, 6.07) is 15.8. The van der Waals surface area contributed by atoms with Crippen molar-refractivity contribution in [2.45, 2.75) is 13.0 Å². The SMILES string of the molecule is COc1ccc(NC(N)=NCCCN(C)Cc2ccccc2)cc1Cl. The first kappa shape index (κ1) is 19.1. The predicted octanol–water partition coefficient (Wildman–Crippen LogP) is 3.60. The lowest BCUT2D eigenvalue weighted by molar-refractivity contribution is 0.324. The summed E-state index contributed by atoms with van der Waals surface area (Å²) >= 11 is 6.09. The molecule has 2 aromatic carbocycles. The molecular formula is C19H25ClN4O. The van der Waals surface area contributed by atoms with E-state index in [1.165, 1.54) is 5.56 Å². The van der Waals surface area contributed by atoms with Crippen LogP contribution < -0.4 is 15.8 Å². The number of aliphatic imine (C=N–C) groups is 1. The Labute approximate surface area is 154 Å². The number of anilines is 1. The number of benzene rings is 2. The fraction of sp³-hybridized carbons (Fsp3) is 0.316. The Hall–Kier alpha value is -2.24. The Kier molecular flexibility index (Phi) is 7.57. The van der Waals surface area contributed by atoms with Crippen LogP contribution in [0.1, 0.15) is 12.0 Å². The van der Waals surface area contributed by atoms with Crippen molar-refractivity contribution in [1.29, 1.82) is 0 Å². The molecule has 0 radical (unpaired) electrons. The van der Waals surface area contributed by atoms with Gasteiger partial charge in [-0.25, -0.2) is 0 Å². The molecule has 0 saturated heterocycles. The normalized spacial score (nSPS) is 11.6. The molecule has 0 aliphatic heterocycles. The molecule has 0 aliphatic rings. The van der Waals surface area contributed by atoms with Crippen LogP contribution in [0.15, 0.2) is 53.5 Å². The molecule has 6 heteroatoms. The van der Waals surface area contributed by atoms with E-state index in [-0.39, 0.29) is 0 Å². The van der Waals surface area contributed by atoms with Crippen molar-refractivity contribution >= 4 is 23.2 Å². The summed E-state index contributed by atoms with van der Waals surface area (Å²) in [6.07, 6.45) is 0.940. The maximum absolute atomic E-state index is 6.09. The van der Waals surface area contributed by atoms with Crippen molar-refractivity contribution in [1.82, 2.24) is 4.90 Å². The van der Waals surface area contributed by atoms with Crippen LogP contribution in [0.4, 0.5) is 5.69 Å². The van der Waals surface area contributed by atoms with Gasteiger partial charge in [0.15, 0.2) is 5.96 Å². The lowest BCUT2D eigenvalue weighted by Gasteiger charge is -2.16. The summed E-state index contributed by atoms with van der Waals surface area (Å²) in [5, 5.41) is 3.57. The molecule has 0 fully saturated rings. The van der Waals surface area contributed by atoms with Gasteiger partial charge in [-0.15, -0.1) is 0 Å². The van der Waals surface area contributed by atoms with Gasteiger partial charge in [0, 0.05) is 18.8 Å². The Morgan fingerprint density at radius 2 is 2.00 bits per heavy atom. The zero-order valence-corrected chi connectivity index (χ0v) is 15.5. The Morgan fingerprint density at radius 3 is 2.68 bits per heavy atom. The summed E-state index contributed by atoms with van der Waals surface area (Å²) in [6.45, 7) is 2.56. The van der Waals surface area contributed by atoms with E-state index >= 15 is 0 Å². The van der Waals surface area contributed by atoms with Crippen molar-refractivity contribution in [2.24, 2.45) is 10.7 Å². The number of nitrogens with one attached hydrogen (secondary N) is 1. The van der Waals surface area contributed by atoms with Gasteiger partial charge in [0.05, 0.1) is 12.1 Å². The first-order valence-corrected chi connectivity index (χ1v) is 8.59. The third kappa shape index (κ3) is 6.64. The number of methoxy groups -OCH3 is 1. The molecule has 0 bridgehead atoms. The number of rotatable bonds is 8. The lowest BCUT2D eigenvalue weighted by Crippen LogP contribution is -2.24. The molecule has 0 saturated carbocycles. The molecule has 25 heavy (non-hydrogen) atoms. The molecular weight excluding hydrogens is 336 g/mol. The fourth-order valence-electron chi connectivity index (χ4n) is 2.45. The van der Waals surface area contributed by atoms with Gasteiger partial charge in [0.25, 0.3) is 0 Å². The van der Waals surface area contributed by atoms with Crippen molar-refractivity contribution in [3.63, 3.8) is 0 Å². The van der Waals surface area contributed by atoms with E-state index in [1.807, 2.05) is 12.1 Å². The Morgan fingerprint density at radius 1 is 1.24 bits per heavy atom. The van der Waals surface area contributed by atoms with Crippen LogP contribution in [0.3, 0.4) is 0 Å². The Bertz CT molecular complexity index is 691. The second-order valence-corrected chi connectivity index (χ2v) is 6.23. The number of ether oxygens (including phenoxy) is 1.